The molecule has 0 saturated carbocycles. The maximum Gasteiger partial charge on any atom is 0.437 e. The molecule has 2 amide bonds. The van der Waals surface area contributed by atoms with E-state index in [4.69, 9.17) is 9.47 Å². The third kappa shape index (κ3) is 3.12. The fraction of sp³-hybridized carbons (Fsp3) is 0.278. The van der Waals surface area contributed by atoms with Crippen molar-refractivity contribution in [2.24, 2.45) is 5.92 Å². The third-order valence-electron chi connectivity index (χ3n) is 4.79. The zero-order chi connectivity index (χ0) is 20.8. The minimum Gasteiger partial charge on any atom is -0.454 e. The molecule has 0 radical (unpaired) electrons. The number of pyridine rings is 1. The van der Waals surface area contributed by atoms with Gasteiger partial charge >= 0.3 is 12.2 Å². The number of carbonyl (C=O) groups is 2. The zero-order valence-electron chi connectivity index (χ0n) is 14.6. The molecule has 1 saturated heterocycles. The SMILES string of the molecule is O=C1N[C@H](c2ccc3c(c2)OCO3)[C@H](C(=O)c2cccnc2)[C@@](O)(C(F)(F)F)N1. The van der Waals surface area contributed by atoms with Crippen LogP contribution in [0.5, 0.6) is 11.5 Å². The first-order valence-electron chi connectivity index (χ1n) is 8.42. The van der Waals surface area contributed by atoms with E-state index < -0.39 is 35.7 Å². The molecule has 8 nitrogen and oxygen atoms in total. The van der Waals surface area contributed by atoms with Crippen molar-refractivity contribution in [2.75, 3.05) is 6.79 Å². The molecule has 0 spiro atoms. The Morgan fingerprint density at radius 3 is 2.69 bits per heavy atom. The second-order valence-electron chi connectivity index (χ2n) is 6.54. The molecule has 1 fully saturated rings. The van der Waals surface area contributed by atoms with Gasteiger partial charge in [-0.25, -0.2) is 4.79 Å². The Hall–Kier alpha value is -3.34. The summed E-state index contributed by atoms with van der Waals surface area (Å²) < 4.78 is 51.9. The highest BCUT2D eigenvalue weighted by atomic mass is 19.4. The first-order chi connectivity index (χ1) is 13.7. The Morgan fingerprint density at radius 2 is 2.00 bits per heavy atom. The van der Waals surface area contributed by atoms with Crippen LogP contribution in [0.15, 0.2) is 42.7 Å². The molecule has 11 heteroatoms. The Bertz CT molecular complexity index is 969. The van der Waals surface area contributed by atoms with E-state index >= 15 is 0 Å². The first kappa shape index (κ1) is 19.0. The van der Waals surface area contributed by atoms with Crippen LogP contribution in [0.4, 0.5) is 18.0 Å². The Balaban J connectivity index is 1.84. The van der Waals surface area contributed by atoms with E-state index in [1.54, 1.807) is 0 Å². The number of fused-ring (bicyclic) bond motifs is 1. The van der Waals surface area contributed by atoms with Gasteiger partial charge in [0.1, 0.15) is 5.92 Å². The van der Waals surface area contributed by atoms with Gasteiger partial charge in [-0.3, -0.25) is 9.78 Å². The van der Waals surface area contributed by atoms with Gasteiger partial charge in [0, 0.05) is 18.0 Å². The fourth-order valence-electron chi connectivity index (χ4n) is 3.41. The van der Waals surface area contributed by atoms with Crippen molar-refractivity contribution in [3.63, 3.8) is 0 Å². The summed E-state index contributed by atoms with van der Waals surface area (Å²) in [6.45, 7) is -0.0676. The number of halogens is 3. The number of benzene rings is 1. The van der Waals surface area contributed by atoms with Crippen molar-refractivity contribution in [2.45, 2.75) is 17.9 Å². The van der Waals surface area contributed by atoms with E-state index in [0.29, 0.717) is 5.75 Å². The van der Waals surface area contributed by atoms with Gasteiger partial charge in [-0.2, -0.15) is 13.2 Å². The number of nitrogens with one attached hydrogen (secondary N) is 2. The van der Waals surface area contributed by atoms with Gasteiger partial charge < -0.3 is 25.2 Å². The average molecular weight is 409 g/mol. The summed E-state index contributed by atoms with van der Waals surface area (Å²) in [4.78, 5) is 28.8. The van der Waals surface area contributed by atoms with Crippen LogP contribution in [0.2, 0.25) is 0 Å². The molecule has 3 heterocycles. The summed E-state index contributed by atoms with van der Waals surface area (Å²) in [6.07, 6.45) is -2.89. The molecule has 0 bridgehead atoms. The molecule has 1 aromatic carbocycles. The Morgan fingerprint density at radius 1 is 1.24 bits per heavy atom. The van der Waals surface area contributed by atoms with E-state index in [0.717, 1.165) is 6.20 Å². The Labute approximate surface area is 161 Å². The predicted octanol–water partition coefficient (Wildman–Crippen LogP) is 1.91. The highest BCUT2D eigenvalue weighted by Gasteiger charge is 2.66. The number of aliphatic hydroxyl groups is 1. The molecular weight excluding hydrogens is 395 g/mol. The van der Waals surface area contributed by atoms with Crippen molar-refractivity contribution >= 4 is 11.8 Å². The lowest BCUT2D eigenvalue weighted by Crippen LogP contribution is -2.72. The number of hydrogen-bond donors (Lipinski definition) is 3. The van der Waals surface area contributed by atoms with Crippen molar-refractivity contribution in [1.29, 1.82) is 0 Å². The van der Waals surface area contributed by atoms with E-state index in [9.17, 15) is 27.9 Å². The molecule has 4 rings (SSSR count). The molecule has 2 aliphatic rings. The molecule has 3 atom stereocenters. The summed E-state index contributed by atoms with van der Waals surface area (Å²) in [5.41, 5.74) is -3.82. The number of urea groups is 1. The molecule has 152 valence electrons. The second kappa shape index (κ2) is 6.62. The lowest BCUT2D eigenvalue weighted by Gasteiger charge is -2.45. The van der Waals surface area contributed by atoms with Gasteiger partial charge in [0.2, 0.25) is 12.5 Å². The van der Waals surface area contributed by atoms with Crippen LogP contribution in [0.25, 0.3) is 0 Å². The maximum atomic E-state index is 13.8. The number of Topliss-reactive ketones (excluding diaryl/α,β-unsaturated/α-hetero) is 1. The number of nitrogens with zero attached hydrogens (tertiary/aromatic N) is 1. The van der Waals surface area contributed by atoms with Gasteiger partial charge in [-0.1, -0.05) is 6.07 Å². The van der Waals surface area contributed by atoms with E-state index in [-0.39, 0.29) is 23.7 Å². The molecule has 0 unspecified atom stereocenters. The number of amides is 2. The van der Waals surface area contributed by atoms with Gasteiger partial charge in [0.25, 0.3) is 0 Å². The molecule has 29 heavy (non-hydrogen) atoms. The van der Waals surface area contributed by atoms with E-state index in [1.165, 1.54) is 41.8 Å². The monoisotopic (exact) mass is 409 g/mol. The molecule has 1 aromatic heterocycles. The number of ketones is 1. The van der Waals surface area contributed by atoms with Crippen LogP contribution in [0, 0.1) is 5.92 Å². The minimum atomic E-state index is -5.33. The largest absolute Gasteiger partial charge is 0.454 e. The summed E-state index contributed by atoms with van der Waals surface area (Å²) in [6, 6.07) is 4.08. The second-order valence-corrected chi connectivity index (χ2v) is 6.54. The summed E-state index contributed by atoms with van der Waals surface area (Å²) in [5.74, 6) is -2.56. The molecule has 2 aromatic rings. The van der Waals surface area contributed by atoms with Crippen molar-refractivity contribution in [3.8, 4) is 11.5 Å². The number of carbonyl (C=O) groups excluding carboxylic acids is 2. The number of aromatic nitrogens is 1. The average Bonchev–Trinajstić information content (AvgIpc) is 3.14. The lowest BCUT2D eigenvalue weighted by atomic mass is 9.77. The van der Waals surface area contributed by atoms with E-state index in [2.05, 4.69) is 10.3 Å². The zero-order valence-corrected chi connectivity index (χ0v) is 14.6. The van der Waals surface area contributed by atoms with Gasteiger partial charge in [0.05, 0.1) is 6.04 Å². The topological polar surface area (TPSA) is 110 Å². The first-order valence-corrected chi connectivity index (χ1v) is 8.42. The number of rotatable bonds is 3. The standard InChI is InChI=1S/C18H14F3N3O5/c19-18(20,21)17(27)13(15(25)10-2-1-5-22-7-10)14(23-16(26)24-17)9-3-4-11-12(6-9)29-8-28-11/h1-7,13-14,27H,8H2,(H2,23,24,26)/t13-,14-,17-/m1/s1. The van der Waals surface area contributed by atoms with Crippen molar-refractivity contribution in [1.82, 2.24) is 15.6 Å². The van der Waals surface area contributed by atoms with Crippen LogP contribution in [0.3, 0.4) is 0 Å². The van der Waals surface area contributed by atoms with Gasteiger partial charge in [-0.05, 0) is 29.8 Å². The Kier molecular flexibility index (Phi) is 4.34. The van der Waals surface area contributed by atoms with Crippen LogP contribution in [0.1, 0.15) is 22.0 Å². The highest BCUT2D eigenvalue weighted by Crippen LogP contribution is 2.45. The third-order valence-corrected chi connectivity index (χ3v) is 4.79. The van der Waals surface area contributed by atoms with Crippen LogP contribution < -0.4 is 20.1 Å². The number of ether oxygens (including phenoxy) is 2. The quantitative estimate of drug-likeness (QED) is 0.669. The van der Waals surface area contributed by atoms with Crippen molar-refractivity contribution < 1.29 is 37.3 Å². The van der Waals surface area contributed by atoms with Crippen LogP contribution in [-0.4, -0.2) is 40.6 Å². The van der Waals surface area contributed by atoms with Crippen molar-refractivity contribution in [3.05, 3.63) is 53.9 Å². The smallest absolute Gasteiger partial charge is 0.437 e. The molecule has 3 N–H and O–H groups in total. The fourth-order valence-corrected chi connectivity index (χ4v) is 3.41. The van der Waals surface area contributed by atoms with Gasteiger partial charge in [-0.15, -0.1) is 0 Å². The molecular formula is C18H14F3N3O5. The summed E-state index contributed by atoms with van der Waals surface area (Å²) in [5, 5.41) is 14.3. The lowest BCUT2D eigenvalue weighted by molar-refractivity contribution is -0.287. The van der Waals surface area contributed by atoms with E-state index in [1.807, 2.05) is 0 Å². The minimum absolute atomic E-state index is 0.0676. The van der Waals surface area contributed by atoms with Crippen LogP contribution >= 0.6 is 0 Å². The summed E-state index contributed by atoms with van der Waals surface area (Å²) >= 11 is 0. The highest BCUT2D eigenvalue weighted by molar-refractivity contribution is 6.00. The maximum absolute atomic E-state index is 13.8. The predicted molar refractivity (Wildman–Crippen MR) is 90.0 cm³/mol. The van der Waals surface area contributed by atoms with Gasteiger partial charge in [0.15, 0.2) is 17.3 Å². The summed E-state index contributed by atoms with van der Waals surface area (Å²) in [7, 11) is 0. The molecule has 0 aliphatic carbocycles. The molecule has 2 aliphatic heterocycles. The normalized spacial score (nSPS) is 25.9. The number of hydrogen-bond acceptors (Lipinski definition) is 6. The van der Waals surface area contributed by atoms with Crippen LogP contribution in [-0.2, 0) is 0 Å². The number of alkyl halides is 3.